The third-order valence-corrected chi connectivity index (χ3v) is 4.77. The topological polar surface area (TPSA) is 38.3 Å². The number of aryl methyl sites for hydroxylation is 2. The van der Waals surface area contributed by atoms with Crippen LogP contribution in [0.3, 0.4) is 0 Å². The van der Waals surface area contributed by atoms with Crippen LogP contribution in [0.15, 0.2) is 18.2 Å². The quantitative estimate of drug-likeness (QED) is 0.923. The summed E-state index contributed by atoms with van der Waals surface area (Å²) in [5.41, 5.74) is 3.17. The highest BCUT2D eigenvalue weighted by Crippen LogP contribution is 2.36. The zero-order chi connectivity index (χ0) is 14.9. The van der Waals surface area contributed by atoms with Crippen molar-refractivity contribution in [3.8, 4) is 5.75 Å². The van der Waals surface area contributed by atoms with Gasteiger partial charge in [-0.1, -0.05) is 19.9 Å². The first-order chi connectivity index (χ1) is 10.0. The second-order valence-corrected chi connectivity index (χ2v) is 7.24. The summed E-state index contributed by atoms with van der Waals surface area (Å²) >= 11 is 0. The van der Waals surface area contributed by atoms with Crippen LogP contribution < -0.4 is 10.1 Å². The molecule has 0 spiro atoms. The van der Waals surface area contributed by atoms with Gasteiger partial charge >= 0.3 is 0 Å². The van der Waals surface area contributed by atoms with E-state index in [-0.39, 0.29) is 12.5 Å². The van der Waals surface area contributed by atoms with Crippen LogP contribution in [0, 0.1) is 5.41 Å². The molecule has 0 heterocycles. The first kappa shape index (κ1) is 14.4. The number of ether oxygens (including phenoxy) is 1. The van der Waals surface area contributed by atoms with E-state index in [1.807, 2.05) is 6.07 Å². The van der Waals surface area contributed by atoms with Gasteiger partial charge in [0.2, 0.25) is 0 Å². The summed E-state index contributed by atoms with van der Waals surface area (Å²) in [7, 11) is 0. The van der Waals surface area contributed by atoms with Crippen LogP contribution in [0.1, 0.15) is 50.7 Å². The maximum absolute atomic E-state index is 12.0. The lowest BCUT2D eigenvalue weighted by molar-refractivity contribution is -0.123. The van der Waals surface area contributed by atoms with Crippen LogP contribution in [0.4, 0.5) is 0 Å². The normalized spacial score (nSPS) is 22.9. The number of benzene rings is 1. The average molecular weight is 287 g/mol. The van der Waals surface area contributed by atoms with Crippen molar-refractivity contribution in [3.63, 3.8) is 0 Å². The Morgan fingerprint density at radius 3 is 2.90 bits per heavy atom. The van der Waals surface area contributed by atoms with E-state index in [2.05, 4.69) is 31.3 Å². The minimum Gasteiger partial charge on any atom is -0.484 e. The molecule has 1 aromatic carbocycles. The van der Waals surface area contributed by atoms with Crippen molar-refractivity contribution in [1.82, 2.24) is 5.32 Å². The van der Waals surface area contributed by atoms with Gasteiger partial charge in [-0.15, -0.1) is 0 Å². The zero-order valence-electron chi connectivity index (χ0n) is 13.1. The number of amides is 1. The highest BCUT2D eigenvalue weighted by atomic mass is 16.5. The van der Waals surface area contributed by atoms with E-state index in [0.29, 0.717) is 11.5 Å². The molecule has 1 unspecified atom stereocenters. The molecule has 1 saturated carbocycles. The third-order valence-electron chi connectivity index (χ3n) is 4.77. The summed E-state index contributed by atoms with van der Waals surface area (Å²) in [5.74, 6) is 0.816. The smallest absolute Gasteiger partial charge is 0.258 e. The Kier molecular flexibility index (Phi) is 3.92. The van der Waals surface area contributed by atoms with Crippen molar-refractivity contribution >= 4 is 5.91 Å². The largest absolute Gasteiger partial charge is 0.484 e. The Morgan fingerprint density at radius 2 is 2.14 bits per heavy atom. The maximum atomic E-state index is 12.0. The van der Waals surface area contributed by atoms with Gasteiger partial charge in [0.05, 0.1) is 0 Å². The monoisotopic (exact) mass is 287 g/mol. The van der Waals surface area contributed by atoms with E-state index >= 15 is 0 Å². The van der Waals surface area contributed by atoms with Crippen molar-refractivity contribution in [2.24, 2.45) is 5.41 Å². The summed E-state index contributed by atoms with van der Waals surface area (Å²) in [6, 6.07) is 6.52. The van der Waals surface area contributed by atoms with Crippen molar-refractivity contribution in [3.05, 3.63) is 29.3 Å². The Balaban J connectivity index is 1.48. The Morgan fingerprint density at radius 1 is 1.33 bits per heavy atom. The Labute approximate surface area is 127 Å². The number of rotatable bonds is 4. The number of carbonyl (C=O) groups excluding carboxylic acids is 1. The molecule has 0 saturated heterocycles. The molecule has 0 bridgehead atoms. The molecule has 0 radical (unpaired) electrons. The van der Waals surface area contributed by atoms with Crippen LogP contribution in [0.5, 0.6) is 5.75 Å². The van der Waals surface area contributed by atoms with Crippen molar-refractivity contribution in [2.75, 3.05) is 6.61 Å². The Hall–Kier alpha value is -1.51. The minimum absolute atomic E-state index is 0.00167. The highest BCUT2D eigenvalue weighted by Gasteiger charge is 2.31. The predicted molar refractivity (Wildman–Crippen MR) is 83.5 cm³/mol. The Bertz CT molecular complexity index is 536. The first-order valence-corrected chi connectivity index (χ1v) is 8.06. The van der Waals surface area contributed by atoms with Crippen LogP contribution in [-0.4, -0.2) is 18.6 Å². The van der Waals surface area contributed by atoms with Crippen molar-refractivity contribution in [1.29, 1.82) is 0 Å². The number of hydrogen-bond acceptors (Lipinski definition) is 2. The lowest BCUT2D eigenvalue weighted by atomic mass is 9.92. The van der Waals surface area contributed by atoms with Gasteiger partial charge in [-0.25, -0.2) is 0 Å². The van der Waals surface area contributed by atoms with Gasteiger partial charge in [0.1, 0.15) is 5.75 Å². The molecular weight excluding hydrogens is 262 g/mol. The van der Waals surface area contributed by atoms with Crippen LogP contribution >= 0.6 is 0 Å². The van der Waals surface area contributed by atoms with E-state index < -0.39 is 0 Å². The molecule has 2 aliphatic rings. The summed E-state index contributed by atoms with van der Waals surface area (Å²) in [6.07, 6.45) is 6.87. The fourth-order valence-electron chi connectivity index (χ4n) is 3.62. The van der Waals surface area contributed by atoms with Crippen LogP contribution in [0.2, 0.25) is 0 Å². The SMILES string of the molecule is CC1(C)CCC(NC(=O)COc2ccc3c(c2)CCC3)C1. The van der Waals surface area contributed by atoms with Crippen molar-refractivity contribution < 1.29 is 9.53 Å². The molecule has 1 N–H and O–H groups in total. The zero-order valence-corrected chi connectivity index (χ0v) is 13.1. The summed E-state index contributed by atoms with van der Waals surface area (Å²) in [4.78, 5) is 12.0. The average Bonchev–Trinajstić information content (AvgIpc) is 3.02. The highest BCUT2D eigenvalue weighted by molar-refractivity contribution is 5.77. The van der Waals surface area contributed by atoms with E-state index in [1.54, 1.807) is 0 Å². The van der Waals surface area contributed by atoms with Gasteiger partial charge in [0.15, 0.2) is 6.61 Å². The molecule has 1 amide bonds. The van der Waals surface area contributed by atoms with E-state index in [1.165, 1.54) is 30.4 Å². The maximum Gasteiger partial charge on any atom is 0.258 e. The lowest BCUT2D eigenvalue weighted by Crippen LogP contribution is -2.36. The van der Waals surface area contributed by atoms with Gasteiger partial charge in [-0.3, -0.25) is 4.79 Å². The predicted octanol–water partition coefficient (Wildman–Crippen LogP) is 3.25. The fraction of sp³-hybridized carbons (Fsp3) is 0.611. The third kappa shape index (κ3) is 3.58. The minimum atomic E-state index is -0.00167. The molecule has 3 nitrogen and oxygen atoms in total. The summed E-state index contributed by atoms with van der Waals surface area (Å²) in [5, 5.41) is 3.09. The lowest BCUT2D eigenvalue weighted by Gasteiger charge is -2.18. The molecular formula is C18H25NO2. The molecule has 3 rings (SSSR count). The molecule has 1 aromatic rings. The molecule has 1 fully saturated rings. The fourth-order valence-corrected chi connectivity index (χ4v) is 3.62. The molecule has 21 heavy (non-hydrogen) atoms. The number of hydrogen-bond donors (Lipinski definition) is 1. The van der Waals surface area contributed by atoms with Crippen LogP contribution in [-0.2, 0) is 17.6 Å². The molecule has 0 aromatic heterocycles. The van der Waals surface area contributed by atoms with Gasteiger partial charge in [0, 0.05) is 6.04 Å². The van der Waals surface area contributed by atoms with Gasteiger partial charge in [0.25, 0.3) is 5.91 Å². The molecule has 2 aliphatic carbocycles. The standard InChI is InChI=1S/C18H25NO2/c1-18(2)9-8-15(11-18)19-17(20)12-21-16-7-6-13-4-3-5-14(13)10-16/h6-7,10,15H,3-5,8-9,11-12H2,1-2H3,(H,19,20). The second kappa shape index (κ2) is 5.70. The van der Waals surface area contributed by atoms with Gasteiger partial charge < -0.3 is 10.1 Å². The number of nitrogens with one attached hydrogen (secondary N) is 1. The van der Waals surface area contributed by atoms with Gasteiger partial charge in [-0.05, 0) is 67.2 Å². The summed E-state index contributed by atoms with van der Waals surface area (Å²) in [6.45, 7) is 4.65. The van der Waals surface area contributed by atoms with E-state index in [4.69, 9.17) is 4.74 Å². The summed E-state index contributed by atoms with van der Waals surface area (Å²) < 4.78 is 5.64. The number of fused-ring (bicyclic) bond motifs is 1. The van der Waals surface area contributed by atoms with Gasteiger partial charge in [-0.2, -0.15) is 0 Å². The number of carbonyl (C=O) groups is 1. The first-order valence-electron chi connectivity index (χ1n) is 8.06. The van der Waals surface area contributed by atoms with Crippen molar-refractivity contribution in [2.45, 2.75) is 58.4 Å². The van der Waals surface area contributed by atoms with E-state index in [0.717, 1.165) is 25.0 Å². The molecule has 1 atom stereocenters. The molecule has 0 aliphatic heterocycles. The molecule has 3 heteroatoms. The molecule has 114 valence electrons. The van der Waals surface area contributed by atoms with E-state index in [9.17, 15) is 4.79 Å². The second-order valence-electron chi connectivity index (χ2n) is 7.24. The van der Waals surface area contributed by atoms with Crippen LogP contribution in [0.25, 0.3) is 0 Å².